The number of methoxy groups -OCH3 is 1. The maximum Gasteiger partial charge on any atom is 0.254 e. The fraction of sp³-hybridized carbons (Fsp3) is 0.333. The van der Waals surface area contributed by atoms with Crippen molar-refractivity contribution < 1.29 is 9.53 Å². The third-order valence-electron chi connectivity index (χ3n) is 3.59. The van der Waals surface area contributed by atoms with Gasteiger partial charge in [0.1, 0.15) is 11.3 Å². The molecule has 1 aromatic carbocycles. The predicted octanol–water partition coefficient (Wildman–Crippen LogP) is 1.29. The summed E-state index contributed by atoms with van der Waals surface area (Å²) in [7, 11) is 1.61. The Kier molecular flexibility index (Phi) is 3.52. The van der Waals surface area contributed by atoms with E-state index in [0.717, 1.165) is 37.1 Å². The van der Waals surface area contributed by atoms with Crippen LogP contribution in [-0.4, -0.2) is 49.1 Å². The lowest BCUT2D eigenvalue weighted by molar-refractivity contribution is 0.0738. The predicted molar refractivity (Wildman–Crippen MR) is 77.1 cm³/mol. The molecule has 2 aromatic rings. The fourth-order valence-electron chi connectivity index (χ4n) is 2.54. The smallest absolute Gasteiger partial charge is 0.254 e. The Hall–Kier alpha value is -2.14. The molecular formula is C15H17N3O2. The maximum absolute atomic E-state index is 12.6. The second-order valence-electron chi connectivity index (χ2n) is 4.76. The molecule has 0 unspecified atom stereocenters. The van der Waals surface area contributed by atoms with Gasteiger partial charge in [0.25, 0.3) is 5.91 Å². The first-order valence-electron chi connectivity index (χ1n) is 6.73. The summed E-state index contributed by atoms with van der Waals surface area (Å²) in [5.41, 5.74) is 1.42. The third kappa shape index (κ3) is 2.20. The lowest BCUT2D eigenvalue weighted by atomic mass is 10.1. The Morgan fingerprint density at radius 1 is 1.30 bits per heavy atom. The second kappa shape index (κ2) is 5.46. The zero-order chi connectivity index (χ0) is 13.9. The van der Waals surface area contributed by atoms with Gasteiger partial charge in [0.05, 0.1) is 7.11 Å². The van der Waals surface area contributed by atoms with Crippen LogP contribution in [0.2, 0.25) is 0 Å². The van der Waals surface area contributed by atoms with E-state index in [0.29, 0.717) is 11.3 Å². The van der Waals surface area contributed by atoms with Crippen molar-refractivity contribution in [1.29, 1.82) is 0 Å². The van der Waals surface area contributed by atoms with Crippen LogP contribution in [0.5, 0.6) is 5.75 Å². The molecular weight excluding hydrogens is 254 g/mol. The molecule has 1 aliphatic heterocycles. The van der Waals surface area contributed by atoms with Crippen LogP contribution in [0, 0.1) is 0 Å². The van der Waals surface area contributed by atoms with Crippen molar-refractivity contribution >= 4 is 16.8 Å². The van der Waals surface area contributed by atoms with E-state index >= 15 is 0 Å². The first-order chi connectivity index (χ1) is 9.81. The van der Waals surface area contributed by atoms with Crippen LogP contribution in [0.25, 0.3) is 10.9 Å². The molecule has 1 saturated heterocycles. The average molecular weight is 271 g/mol. The van der Waals surface area contributed by atoms with Crippen molar-refractivity contribution in [1.82, 2.24) is 15.2 Å². The van der Waals surface area contributed by atoms with E-state index in [1.165, 1.54) is 0 Å². The molecule has 5 nitrogen and oxygen atoms in total. The largest absolute Gasteiger partial charge is 0.494 e. The Balaban J connectivity index is 2.05. The second-order valence-corrected chi connectivity index (χ2v) is 4.76. The number of piperazine rings is 1. The molecule has 1 aromatic heterocycles. The van der Waals surface area contributed by atoms with E-state index in [-0.39, 0.29) is 5.91 Å². The third-order valence-corrected chi connectivity index (χ3v) is 3.59. The molecule has 0 saturated carbocycles. The zero-order valence-corrected chi connectivity index (χ0v) is 11.4. The summed E-state index contributed by atoms with van der Waals surface area (Å²) in [6, 6.07) is 7.40. The minimum atomic E-state index is 0.0622. The van der Waals surface area contributed by atoms with E-state index in [2.05, 4.69) is 10.3 Å². The van der Waals surface area contributed by atoms with Crippen LogP contribution < -0.4 is 10.1 Å². The van der Waals surface area contributed by atoms with E-state index < -0.39 is 0 Å². The number of benzene rings is 1. The number of nitrogens with one attached hydrogen (secondary N) is 1. The first kappa shape index (κ1) is 12.9. The van der Waals surface area contributed by atoms with Crippen LogP contribution in [0.3, 0.4) is 0 Å². The molecule has 1 amide bonds. The summed E-state index contributed by atoms with van der Waals surface area (Å²) in [5, 5.41) is 4.09. The molecule has 5 heteroatoms. The summed E-state index contributed by atoms with van der Waals surface area (Å²) in [5.74, 6) is 0.754. The number of hydrogen-bond acceptors (Lipinski definition) is 4. The van der Waals surface area contributed by atoms with Crippen molar-refractivity contribution in [3.63, 3.8) is 0 Å². The van der Waals surface area contributed by atoms with Gasteiger partial charge in [-0.25, -0.2) is 0 Å². The molecule has 1 N–H and O–H groups in total. The molecule has 0 atom stereocenters. The summed E-state index contributed by atoms with van der Waals surface area (Å²) >= 11 is 0. The molecule has 20 heavy (non-hydrogen) atoms. The van der Waals surface area contributed by atoms with Crippen molar-refractivity contribution in [2.45, 2.75) is 0 Å². The Labute approximate surface area is 117 Å². The highest BCUT2D eigenvalue weighted by Crippen LogP contribution is 2.27. The lowest BCUT2D eigenvalue weighted by Crippen LogP contribution is -2.46. The number of carbonyl (C=O) groups excluding carboxylic acids is 1. The highest BCUT2D eigenvalue weighted by Gasteiger charge is 2.20. The number of pyridine rings is 1. The number of rotatable bonds is 2. The van der Waals surface area contributed by atoms with E-state index in [9.17, 15) is 4.79 Å². The lowest BCUT2D eigenvalue weighted by Gasteiger charge is -2.27. The van der Waals surface area contributed by atoms with E-state index in [4.69, 9.17) is 4.74 Å². The molecule has 0 aliphatic carbocycles. The van der Waals surface area contributed by atoms with Gasteiger partial charge in [-0.05, 0) is 18.2 Å². The SMILES string of the molecule is COc1ccc(C(=O)N2CCNCC2)c2cccnc12. The minimum Gasteiger partial charge on any atom is -0.494 e. The topological polar surface area (TPSA) is 54.5 Å². The molecule has 0 bridgehead atoms. The molecule has 1 fully saturated rings. The number of aromatic nitrogens is 1. The van der Waals surface area contributed by atoms with Gasteiger partial charge in [0.15, 0.2) is 0 Å². The van der Waals surface area contributed by atoms with Gasteiger partial charge in [-0.1, -0.05) is 6.07 Å². The minimum absolute atomic E-state index is 0.0622. The number of carbonyl (C=O) groups is 1. The van der Waals surface area contributed by atoms with Gasteiger partial charge in [0, 0.05) is 43.3 Å². The number of fused-ring (bicyclic) bond motifs is 1. The normalized spacial score (nSPS) is 15.3. The molecule has 104 valence electrons. The van der Waals surface area contributed by atoms with Gasteiger partial charge in [-0.3, -0.25) is 9.78 Å². The van der Waals surface area contributed by atoms with Crippen molar-refractivity contribution in [2.75, 3.05) is 33.3 Å². The highest BCUT2D eigenvalue weighted by atomic mass is 16.5. The van der Waals surface area contributed by atoms with Gasteiger partial charge in [0.2, 0.25) is 0 Å². The number of nitrogens with zero attached hydrogens (tertiary/aromatic N) is 2. The first-order valence-corrected chi connectivity index (χ1v) is 6.73. The molecule has 2 heterocycles. The quantitative estimate of drug-likeness (QED) is 0.894. The monoisotopic (exact) mass is 271 g/mol. The number of ether oxygens (including phenoxy) is 1. The van der Waals surface area contributed by atoms with Crippen LogP contribution in [-0.2, 0) is 0 Å². The van der Waals surface area contributed by atoms with Crippen molar-refractivity contribution in [2.24, 2.45) is 0 Å². The van der Waals surface area contributed by atoms with Gasteiger partial charge >= 0.3 is 0 Å². The molecule has 0 spiro atoms. The average Bonchev–Trinajstić information content (AvgIpc) is 2.54. The summed E-state index contributed by atoms with van der Waals surface area (Å²) in [4.78, 5) is 18.9. The van der Waals surface area contributed by atoms with Crippen LogP contribution in [0.4, 0.5) is 0 Å². The van der Waals surface area contributed by atoms with Crippen molar-refractivity contribution in [3.8, 4) is 5.75 Å². The van der Waals surface area contributed by atoms with Crippen LogP contribution in [0.15, 0.2) is 30.5 Å². The Bertz CT molecular complexity index is 636. The summed E-state index contributed by atoms with van der Waals surface area (Å²) in [6.07, 6.45) is 1.71. The molecule has 1 aliphatic rings. The Morgan fingerprint density at radius 2 is 2.10 bits per heavy atom. The van der Waals surface area contributed by atoms with Gasteiger partial charge < -0.3 is 15.0 Å². The van der Waals surface area contributed by atoms with Crippen LogP contribution >= 0.6 is 0 Å². The van der Waals surface area contributed by atoms with Crippen LogP contribution in [0.1, 0.15) is 10.4 Å². The fourth-order valence-corrected chi connectivity index (χ4v) is 2.54. The van der Waals surface area contributed by atoms with Crippen molar-refractivity contribution in [3.05, 3.63) is 36.0 Å². The number of amides is 1. The standard InChI is InChI=1S/C15H17N3O2/c1-20-13-5-4-12(11-3-2-6-17-14(11)13)15(19)18-9-7-16-8-10-18/h2-6,16H,7-10H2,1H3. The Morgan fingerprint density at radius 3 is 2.85 bits per heavy atom. The van der Waals surface area contributed by atoms with E-state index in [1.807, 2.05) is 29.2 Å². The van der Waals surface area contributed by atoms with E-state index in [1.54, 1.807) is 13.3 Å². The van der Waals surface area contributed by atoms with Gasteiger partial charge in [-0.15, -0.1) is 0 Å². The highest BCUT2D eigenvalue weighted by molar-refractivity contribution is 6.07. The maximum atomic E-state index is 12.6. The molecule has 3 rings (SSSR count). The number of hydrogen-bond donors (Lipinski definition) is 1. The zero-order valence-electron chi connectivity index (χ0n) is 11.4. The summed E-state index contributed by atoms with van der Waals surface area (Å²) < 4.78 is 5.31. The molecule has 0 radical (unpaired) electrons. The van der Waals surface area contributed by atoms with Gasteiger partial charge in [-0.2, -0.15) is 0 Å². The summed E-state index contributed by atoms with van der Waals surface area (Å²) in [6.45, 7) is 3.18.